The second-order valence-electron chi connectivity index (χ2n) is 5.23. The van der Waals surface area contributed by atoms with Crippen LogP contribution in [0.1, 0.15) is 34.1 Å². The molecule has 1 aliphatic rings. The molecule has 6 heteroatoms. The monoisotopic (exact) mass is 269 g/mol. The van der Waals surface area contributed by atoms with Gasteiger partial charge in [-0.2, -0.15) is 0 Å². The van der Waals surface area contributed by atoms with E-state index in [1.54, 1.807) is 27.7 Å². The highest BCUT2D eigenvalue weighted by atomic mass is 16.6. The lowest BCUT2D eigenvalue weighted by molar-refractivity contribution is -0.150. The summed E-state index contributed by atoms with van der Waals surface area (Å²) >= 11 is 0. The van der Waals surface area contributed by atoms with Gasteiger partial charge in [-0.05, 0) is 27.7 Å². The van der Waals surface area contributed by atoms with Crippen LogP contribution in [0, 0.1) is 0 Å². The van der Waals surface area contributed by atoms with Crippen LogP contribution in [0.5, 0.6) is 0 Å². The normalized spacial score (nSPS) is 19.6. The van der Waals surface area contributed by atoms with Crippen molar-refractivity contribution >= 4 is 18.0 Å². The van der Waals surface area contributed by atoms with Crippen molar-refractivity contribution in [2.24, 2.45) is 0 Å². The van der Waals surface area contributed by atoms with Crippen LogP contribution in [0.4, 0.5) is 4.79 Å². The molecule has 0 aliphatic carbocycles. The average Bonchev–Trinajstić information content (AvgIpc) is 2.53. The van der Waals surface area contributed by atoms with Gasteiger partial charge in [-0.3, -0.25) is 4.79 Å². The van der Waals surface area contributed by atoms with Crippen LogP contribution in [0.15, 0.2) is 12.2 Å². The lowest BCUT2D eigenvalue weighted by atomic mass is 10.2. The van der Waals surface area contributed by atoms with Gasteiger partial charge in [0.2, 0.25) is 0 Å². The van der Waals surface area contributed by atoms with Crippen LogP contribution in [-0.4, -0.2) is 41.1 Å². The zero-order chi connectivity index (χ0) is 14.8. The molecule has 0 unspecified atom stereocenters. The molecule has 0 N–H and O–H groups in total. The quantitative estimate of drug-likeness (QED) is 0.563. The summed E-state index contributed by atoms with van der Waals surface area (Å²) in [6.07, 6.45) is -0.772. The van der Waals surface area contributed by atoms with Crippen molar-refractivity contribution in [1.29, 1.82) is 0 Å². The van der Waals surface area contributed by atoms with Crippen LogP contribution < -0.4 is 0 Å². The van der Waals surface area contributed by atoms with Crippen LogP contribution in [0.3, 0.4) is 0 Å². The van der Waals surface area contributed by atoms with Crippen molar-refractivity contribution in [1.82, 2.24) is 4.90 Å². The van der Waals surface area contributed by atoms with Gasteiger partial charge in [-0.25, -0.2) is 14.5 Å². The number of rotatable bonds is 2. The van der Waals surface area contributed by atoms with Crippen molar-refractivity contribution in [2.45, 2.75) is 45.8 Å². The minimum atomic E-state index is -0.977. The molecule has 2 amide bonds. The molecule has 0 bridgehead atoms. The van der Waals surface area contributed by atoms with Gasteiger partial charge in [0.05, 0.1) is 6.61 Å². The van der Waals surface area contributed by atoms with Crippen molar-refractivity contribution in [3.8, 4) is 0 Å². The van der Waals surface area contributed by atoms with E-state index in [0.29, 0.717) is 0 Å². The van der Waals surface area contributed by atoms with E-state index in [4.69, 9.17) is 9.47 Å². The molecule has 106 valence electrons. The number of ether oxygens (including phenoxy) is 2. The third kappa shape index (κ3) is 3.56. The molecular formula is C13H19NO5. The molecule has 0 aromatic carbocycles. The van der Waals surface area contributed by atoms with E-state index in [-0.39, 0.29) is 18.6 Å². The Bertz CT molecular complexity index is 421. The first-order valence-corrected chi connectivity index (χ1v) is 6.08. The number of likely N-dealkylation sites (tertiary alicyclic amines) is 1. The van der Waals surface area contributed by atoms with Gasteiger partial charge in [0.15, 0.2) is 0 Å². The zero-order valence-electron chi connectivity index (χ0n) is 11.7. The summed E-state index contributed by atoms with van der Waals surface area (Å²) < 4.78 is 9.97. The summed E-state index contributed by atoms with van der Waals surface area (Å²) in [5.41, 5.74) is -0.551. The summed E-state index contributed by atoms with van der Waals surface area (Å²) in [5.74, 6) is -1.22. The van der Waals surface area contributed by atoms with Gasteiger partial charge in [0.1, 0.15) is 11.6 Å². The first-order chi connectivity index (χ1) is 8.67. The summed E-state index contributed by atoms with van der Waals surface area (Å²) in [6.45, 7) is 10.4. The number of hydrogen-bond acceptors (Lipinski definition) is 5. The molecule has 0 aromatic heterocycles. The molecule has 6 nitrogen and oxygen atoms in total. The van der Waals surface area contributed by atoms with Gasteiger partial charge in [0, 0.05) is 12.0 Å². The fraction of sp³-hybridized carbons (Fsp3) is 0.615. The minimum Gasteiger partial charge on any atom is -0.464 e. The Labute approximate surface area is 112 Å². The molecule has 1 fully saturated rings. The second kappa shape index (κ2) is 5.42. The van der Waals surface area contributed by atoms with Gasteiger partial charge in [-0.15, -0.1) is 0 Å². The number of amides is 2. The summed E-state index contributed by atoms with van der Waals surface area (Å²) in [4.78, 5) is 36.4. The molecule has 1 heterocycles. The number of imide groups is 1. The summed E-state index contributed by atoms with van der Waals surface area (Å²) in [5, 5.41) is 0. The van der Waals surface area contributed by atoms with Crippen molar-refractivity contribution < 1.29 is 23.9 Å². The lowest BCUT2D eigenvalue weighted by Gasteiger charge is -2.26. The number of carbonyl (C=O) groups excluding carboxylic acids is 3. The Morgan fingerprint density at radius 3 is 2.47 bits per heavy atom. The Balaban J connectivity index is 2.92. The molecule has 1 atom stereocenters. The van der Waals surface area contributed by atoms with Crippen LogP contribution in [0.25, 0.3) is 0 Å². The van der Waals surface area contributed by atoms with E-state index in [1.165, 1.54) is 0 Å². The second-order valence-corrected chi connectivity index (χ2v) is 5.23. The molecule has 0 radical (unpaired) electrons. The van der Waals surface area contributed by atoms with E-state index in [0.717, 1.165) is 4.90 Å². The number of carbonyl (C=O) groups is 3. The van der Waals surface area contributed by atoms with Crippen molar-refractivity contribution in [3.63, 3.8) is 0 Å². The summed E-state index contributed by atoms with van der Waals surface area (Å²) in [7, 11) is 0. The van der Waals surface area contributed by atoms with Crippen LogP contribution in [-0.2, 0) is 19.1 Å². The standard InChI is InChI=1S/C13H19NO5/c1-6-18-11(16)9-7-8(2)10(15)14(9)12(17)19-13(3,4)5/h9H,2,6-7H2,1,3-5H3/t9-/m0/s1. The molecular weight excluding hydrogens is 250 g/mol. The van der Waals surface area contributed by atoms with E-state index >= 15 is 0 Å². The maximum absolute atomic E-state index is 12.0. The third-order valence-electron chi connectivity index (χ3n) is 2.42. The van der Waals surface area contributed by atoms with E-state index in [1.807, 2.05) is 0 Å². The Hall–Kier alpha value is -1.85. The third-order valence-corrected chi connectivity index (χ3v) is 2.42. The van der Waals surface area contributed by atoms with Gasteiger partial charge in [-0.1, -0.05) is 6.58 Å². The van der Waals surface area contributed by atoms with E-state index < -0.39 is 29.6 Å². The lowest BCUT2D eigenvalue weighted by Crippen LogP contribution is -2.46. The number of nitrogens with zero attached hydrogens (tertiary/aromatic N) is 1. The van der Waals surface area contributed by atoms with Crippen LogP contribution in [0.2, 0.25) is 0 Å². The smallest absolute Gasteiger partial charge is 0.418 e. The van der Waals surface area contributed by atoms with Crippen LogP contribution >= 0.6 is 0 Å². The number of hydrogen-bond donors (Lipinski definition) is 0. The van der Waals surface area contributed by atoms with E-state index in [2.05, 4.69) is 6.58 Å². The average molecular weight is 269 g/mol. The highest BCUT2D eigenvalue weighted by Crippen LogP contribution is 2.26. The molecule has 1 aliphatic heterocycles. The SMILES string of the molecule is C=C1C[C@@H](C(=O)OCC)N(C(=O)OC(C)(C)C)C1=O. The Kier molecular flexibility index (Phi) is 4.34. The first kappa shape index (κ1) is 15.2. The predicted octanol–water partition coefficient (Wildman–Crippen LogP) is 1.64. The molecule has 0 spiro atoms. The highest BCUT2D eigenvalue weighted by Gasteiger charge is 2.45. The van der Waals surface area contributed by atoms with Crippen molar-refractivity contribution in [3.05, 3.63) is 12.2 Å². The predicted molar refractivity (Wildman–Crippen MR) is 67.3 cm³/mol. The minimum absolute atomic E-state index is 0.0803. The fourth-order valence-corrected chi connectivity index (χ4v) is 1.67. The molecule has 0 saturated carbocycles. The Morgan fingerprint density at radius 2 is 2.00 bits per heavy atom. The molecule has 19 heavy (non-hydrogen) atoms. The number of esters is 1. The highest BCUT2D eigenvalue weighted by molar-refractivity contribution is 6.08. The largest absolute Gasteiger partial charge is 0.464 e. The Morgan fingerprint density at radius 1 is 1.42 bits per heavy atom. The summed E-state index contributed by atoms with van der Waals surface area (Å²) in [6, 6.07) is -0.977. The maximum atomic E-state index is 12.0. The molecule has 1 rings (SSSR count). The zero-order valence-corrected chi connectivity index (χ0v) is 11.7. The van der Waals surface area contributed by atoms with Gasteiger partial charge < -0.3 is 9.47 Å². The van der Waals surface area contributed by atoms with E-state index in [9.17, 15) is 14.4 Å². The topological polar surface area (TPSA) is 72.9 Å². The van der Waals surface area contributed by atoms with Crippen molar-refractivity contribution in [2.75, 3.05) is 6.61 Å². The maximum Gasteiger partial charge on any atom is 0.418 e. The van der Waals surface area contributed by atoms with Gasteiger partial charge in [0.25, 0.3) is 5.91 Å². The fourth-order valence-electron chi connectivity index (χ4n) is 1.67. The first-order valence-electron chi connectivity index (χ1n) is 6.08. The van der Waals surface area contributed by atoms with Gasteiger partial charge >= 0.3 is 12.1 Å². The molecule has 1 saturated heterocycles. The molecule has 0 aromatic rings.